The highest BCUT2D eigenvalue weighted by Gasteiger charge is 2.24. The fourth-order valence-corrected chi connectivity index (χ4v) is 3.44. The Morgan fingerprint density at radius 2 is 1.71 bits per heavy atom. The van der Waals surface area contributed by atoms with Crippen LogP contribution in [-0.2, 0) is 4.79 Å². The minimum Gasteiger partial charge on any atom is -0.396 e. The molecule has 1 heterocycles. The van der Waals surface area contributed by atoms with Crippen molar-refractivity contribution in [2.45, 2.75) is 44.6 Å². The highest BCUT2D eigenvalue weighted by molar-refractivity contribution is 5.78. The van der Waals surface area contributed by atoms with Gasteiger partial charge in [0.1, 0.15) is 0 Å². The molecule has 0 radical (unpaired) electrons. The number of likely N-dealkylation sites (N-methyl/N-ethyl adjacent to an activating group) is 1. The van der Waals surface area contributed by atoms with E-state index in [2.05, 4.69) is 9.80 Å². The number of piperazine rings is 1. The highest BCUT2D eigenvalue weighted by atomic mass is 16.3. The number of rotatable bonds is 6. The SMILES string of the molecule is CN(C(=O)CN1CCN(CCCO)CC1)C1CCCCC1. The Morgan fingerprint density at radius 3 is 2.33 bits per heavy atom. The van der Waals surface area contributed by atoms with Crippen molar-refractivity contribution in [1.29, 1.82) is 0 Å². The third-order valence-corrected chi connectivity index (χ3v) is 4.97. The predicted octanol–water partition coefficient (Wildman–Crippen LogP) is 0.778. The van der Waals surface area contributed by atoms with Gasteiger partial charge in [-0.05, 0) is 19.3 Å². The Hall–Kier alpha value is -0.650. The van der Waals surface area contributed by atoms with Crippen LogP contribution in [0.5, 0.6) is 0 Å². The molecular formula is C16H31N3O2. The van der Waals surface area contributed by atoms with Gasteiger partial charge in [-0.25, -0.2) is 0 Å². The Kier molecular flexibility index (Phi) is 6.93. The van der Waals surface area contributed by atoms with Crippen LogP contribution in [0.25, 0.3) is 0 Å². The van der Waals surface area contributed by atoms with Crippen LogP contribution >= 0.6 is 0 Å². The molecule has 0 atom stereocenters. The van der Waals surface area contributed by atoms with E-state index in [1.165, 1.54) is 32.1 Å². The third kappa shape index (κ3) is 5.24. The molecule has 1 N–H and O–H groups in total. The van der Waals surface area contributed by atoms with Gasteiger partial charge in [0, 0.05) is 52.4 Å². The van der Waals surface area contributed by atoms with Crippen molar-refractivity contribution in [3.8, 4) is 0 Å². The number of aliphatic hydroxyl groups excluding tert-OH is 1. The van der Waals surface area contributed by atoms with E-state index in [9.17, 15) is 4.79 Å². The van der Waals surface area contributed by atoms with Crippen molar-refractivity contribution in [2.75, 3.05) is 52.9 Å². The van der Waals surface area contributed by atoms with Crippen molar-refractivity contribution in [1.82, 2.24) is 14.7 Å². The summed E-state index contributed by atoms with van der Waals surface area (Å²) < 4.78 is 0. The quantitative estimate of drug-likeness (QED) is 0.787. The summed E-state index contributed by atoms with van der Waals surface area (Å²) in [4.78, 5) is 19.1. The van der Waals surface area contributed by atoms with Gasteiger partial charge in [0.05, 0.1) is 6.54 Å². The van der Waals surface area contributed by atoms with Crippen molar-refractivity contribution in [2.24, 2.45) is 0 Å². The number of hydrogen-bond acceptors (Lipinski definition) is 4. The first-order valence-electron chi connectivity index (χ1n) is 8.52. The maximum absolute atomic E-state index is 12.4. The van der Waals surface area contributed by atoms with Crippen molar-refractivity contribution in [3.63, 3.8) is 0 Å². The molecule has 1 aliphatic carbocycles. The van der Waals surface area contributed by atoms with Gasteiger partial charge in [-0.2, -0.15) is 0 Å². The van der Waals surface area contributed by atoms with Crippen LogP contribution in [0.4, 0.5) is 0 Å². The maximum Gasteiger partial charge on any atom is 0.236 e. The summed E-state index contributed by atoms with van der Waals surface area (Å²) in [6.45, 7) is 5.78. The lowest BCUT2D eigenvalue weighted by molar-refractivity contribution is -0.134. The lowest BCUT2D eigenvalue weighted by atomic mass is 9.94. The van der Waals surface area contributed by atoms with Crippen molar-refractivity contribution in [3.05, 3.63) is 0 Å². The summed E-state index contributed by atoms with van der Waals surface area (Å²) in [6, 6.07) is 0.470. The van der Waals surface area contributed by atoms with E-state index < -0.39 is 0 Å². The first-order chi connectivity index (χ1) is 10.2. The number of hydrogen-bond donors (Lipinski definition) is 1. The standard InChI is InChI=1S/C16H31N3O2/c1-17(15-6-3-2-4-7-15)16(21)14-19-11-9-18(10-12-19)8-5-13-20/h15,20H,2-14H2,1H3. The minimum absolute atomic E-state index is 0.269. The Labute approximate surface area is 128 Å². The van der Waals surface area contributed by atoms with Gasteiger partial charge >= 0.3 is 0 Å². The molecule has 1 saturated carbocycles. The molecule has 0 bridgehead atoms. The van der Waals surface area contributed by atoms with E-state index in [1.807, 2.05) is 11.9 Å². The largest absolute Gasteiger partial charge is 0.396 e. The second-order valence-electron chi connectivity index (χ2n) is 6.49. The highest BCUT2D eigenvalue weighted by Crippen LogP contribution is 2.21. The zero-order valence-corrected chi connectivity index (χ0v) is 13.5. The number of amides is 1. The van der Waals surface area contributed by atoms with Crippen LogP contribution in [0.15, 0.2) is 0 Å². The van der Waals surface area contributed by atoms with Crippen LogP contribution in [-0.4, -0.2) is 84.7 Å². The molecule has 1 amide bonds. The molecule has 5 nitrogen and oxygen atoms in total. The lowest BCUT2D eigenvalue weighted by Crippen LogP contribution is -2.51. The molecule has 2 fully saturated rings. The predicted molar refractivity (Wildman–Crippen MR) is 84.2 cm³/mol. The van der Waals surface area contributed by atoms with E-state index in [0.29, 0.717) is 12.6 Å². The van der Waals surface area contributed by atoms with Crippen molar-refractivity contribution >= 4 is 5.91 Å². The molecule has 2 aliphatic rings. The smallest absolute Gasteiger partial charge is 0.236 e. The molecule has 2 rings (SSSR count). The first kappa shape index (κ1) is 16.7. The summed E-state index contributed by atoms with van der Waals surface area (Å²) in [5.41, 5.74) is 0. The van der Waals surface area contributed by atoms with Gasteiger partial charge in [0.25, 0.3) is 0 Å². The Balaban J connectivity index is 1.68. The monoisotopic (exact) mass is 297 g/mol. The summed E-state index contributed by atoms with van der Waals surface area (Å²) in [5, 5.41) is 8.87. The van der Waals surface area contributed by atoms with Gasteiger partial charge in [-0.15, -0.1) is 0 Å². The maximum atomic E-state index is 12.4. The Morgan fingerprint density at radius 1 is 1.10 bits per heavy atom. The van der Waals surface area contributed by atoms with E-state index in [1.54, 1.807) is 0 Å². The summed E-state index contributed by atoms with van der Waals surface area (Å²) in [7, 11) is 1.98. The fourth-order valence-electron chi connectivity index (χ4n) is 3.44. The summed E-state index contributed by atoms with van der Waals surface area (Å²) in [6.07, 6.45) is 7.07. The Bertz CT molecular complexity index is 311. The zero-order valence-electron chi connectivity index (χ0n) is 13.5. The van der Waals surface area contributed by atoms with Crippen LogP contribution in [0, 0.1) is 0 Å². The normalized spacial score (nSPS) is 22.4. The molecule has 0 aromatic rings. The molecule has 0 unspecified atom stereocenters. The zero-order chi connectivity index (χ0) is 15.1. The number of aliphatic hydroxyl groups is 1. The average molecular weight is 297 g/mol. The molecule has 21 heavy (non-hydrogen) atoms. The van der Waals surface area contributed by atoms with E-state index in [-0.39, 0.29) is 12.5 Å². The first-order valence-corrected chi connectivity index (χ1v) is 8.52. The van der Waals surface area contributed by atoms with Gasteiger partial charge in [-0.3, -0.25) is 9.69 Å². The molecule has 0 aromatic carbocycles. The molecular weight excluding hydrogens is 266 g/mol. The topological polar surface area (TPSA) is 47.0 Å². The molecule has 5 heteroatoms. The molecule has 122 valence electrons. The average Bonchev–Trinajstić information content (AvgIpc) is 2.54. The molecule has 0 aromatic heterocycles. The van der Waals surface area contributed by atoms with Crippen LogP contribution < -0.4 is 0 Å². The second kappa shape index (κ2) is 8.71. The van der Waals surface area contributed by atoms with Crippen LogP contribution in [0.1, 0.15) is 38.5 Å². The van der Waals surface area contributed by atoms with Crippen LogP contribution in [0.3, 0.4) is 0 Å². The number of carbonyl (C=O) groups is 1. The lowest BCUT2D eigenvalue weighted by Gasteiger charge is -2.36. The van der Waals surface area contributed by atoms with Gasteiger partial charge < -0.3 is 14.9 Å². The molecule has 0 spiro atoms. The summed E-state index contributed by atoms with van der Waals surface area (Å²) in [5.74, 6) is 0.283. The van der Waals surface area contributed by atoms with E-state index >= 15 is 0 Å². The van der Waals surface area contributed by atoms with Crippen LogP contribution in [0.2, 0.25) is 0 Å². The molecule has 1 saturated heterocycles. The minimum atomic E-state index is 0.269. The molecule has 1 aliphatic heterocycles. The summed E-state index contributed by atoms with van der Waals surface area (Å²) >= 11 is 0. The third-order valence-electron chi connectivity index (χ3n) is 4.97. The van der Waals surface area contributed by atoms with Gasteiger partial charge in [0.2, 0.25) is 5.91 Å². The van der Waals surface area contributed by atoms with Gasteiger partial charge in [0.15, 0.2) is 0 Å². The number of nitrogens with zero attached hydrogens (tertiary/aromatic N) is 3. The number of carbonyl (C=O) groups excluding carboxylic acids is 1. The van der Waals surface area contributed by atoms with Crippen molar-refractivity contribution < 1.29 is 9.90 Å². The fraction of sp³-hybridized carbons (Fsp3) is 0.938. The van der Waals surface area contributed by atoms with E-state index in [4.69, 9.17) is 5.11 Å². The van der Waals surface area contributed by atoms with Gasteiger partial charge in [-0.1, -0.05) is 19.3 Å². The second-order valence-corrected chi connectivity index (χ2v) is 6.49. The van der Waals surface area contributed by atoms with E-state index in [0.717, 1.165) is 39.1 Å².